The van der Waals surface area contributed by atoms with Gasteiger partial charge in [0.1, 0.15) is 11.5 Å². The van der Waals surface area contributed by atoms with Gasteiger partial charge in [0.15, 0.2) is 9.84 Å². The van der Waals surface area contributed by atoms with Crippen LogP contribution in [-0.2, 0) is 25.1 Å². The van der Waals surface area contributed by atoms with E-state index in [1.807, 2.05) is 0 Å². The third kappa shape index (κ3) is 5.08. The van der Waals surface area contributed by atoms with Crippen molar-refractivity contribution in [3.63, 3.8) is 0 Å². The van der Waals surface area contributed by atoms with Gasteiger partial charge in [0, 0.05) is 11.3 Å². The van der Waals surface area contributed by atoms with Crippen LogP contribution in [0.5, 0.6) is 5.75 Å². The van der Waals surface area contributed by atoms with Gasteiger partial charge in [-0.15, -0.1) is 0 Å². The summed E-state index contributed by atoms with van der Waals surface area (Å²) in [7, 11) is -3.62. The molecule has 0 amide bonds. The van der Waals surface area contributed by atoms with Crippen LogP contribution in [0.3, 0.4) is 0 Å². The first kappa shape index (κ1) is 16.3. The average Bonchev–Trinajstić information content (AvgIpc) is 2.31. The molecule has 0 atom stereocenters. The van der Waals surface area contributed by atoms with Crippen LogP contribution in [-0.4, -0.2) is 33.4 Å². The van der Waals surface area contributed by atoms with Crippen molar-refractivity contribution in [3.05, 3.63) is 23.8 Å². The first-order chi connectivity index (χ1) is 9.38. The zero-order chi connectivity index (χ0) is 15.2. The highest BCUT2D eigenvalue weighted by Gasteiger charge is 2.20. The third-order valence-corrected chi connectivity index (χ3v) is 3.83. The summed E-state index contributed by atoms with van der Waals surface area (Å²) in [5.74, 6) is -1.27. The van der Waals surface area contributed by atoms with E-state index in [9.17, 15) is 13.2 Å². The van der Waals surface area contributed by atoms with E-state index in [1.54, 1.807) is 26.0 Å². The van der Waals surface area contributed by atoms with Crippen LogP contribution in [0.1, 0.15) is 19.4 Å². The number of hydrogen-bond donors (Lipinski definition) is 1. The van der Waals surface area contributed by atoms with E-state index in [1.165, 1.54) is 6.07 Å². The van der Waals surface area contributed by atoms with Gasteiger partial charge >= 0.3 is 5.97 Å². The zero-order valence-electron chi connectivity index (χ0n) is 11.6. The molecule has 2 N–H and O–H groups in total. The van der Waals surface area contributed by atoms with Crippen LogP contribution in [0.2, 0.25) is 0 Å². The van der Waals surface area contributed by atoms with E-state index in [0.29, 0.717) is 23.6 Å². The van der Waals surface area contributed by atoms with Gasteiger partial charge < -0.3 is 15.2 Å². The summed E-state index contributed by atoms with van der Waals surface area (Å²) in [4.78, 5) is 11.3. The standard InChI is InChI=1S/C13H19NO5S/c1-3-18-12-6-5-11(14)7-10(12)8-20(16,17)9-13(15)19-4-2/h5-7H,3-4,8-9,14H2,1-2H3. The zero-order valence-corrected chi connectivity index (χ0v) is 12.4. The Bertz CT molecular complexity index is 568. The second-order valence-electron chi connectivity index (χ2n) is 4.14. The number of carbonyl (C=O) groups is 1. The van der Waals surface area contributed by atoms with Crippen molar-refractivity contribution >= 4 is 21.5 Å². The minimum atomic E-state index is -3.62. The van der Waals surface area contributed by atoms with Gasteiger partial charge in [0.25, 0.3) is 0 Å². The van der Waals surface area contributed by atoms with Crippen LogP contribution in [0.4, 0.5) is 5.69 Å². The van der Waals surface area contributed by atoms with Crippen molar-refractivity contribution in [3.8, 4) is 5.75 Å². The molecule has 0 bridgehead atoms. The second kappa shape index (κ2) is 7.14. The number of esters is 1. The predicted molar refractivity (Wildman–Crippen MR) is 76.1 cm³/mol. The summed E-state index contributed by atoms with van der Waals surface area (Å²) < 4.78 is 33.9. The van der Waals surface area contributed by atoms with E-state index >= 15 is 0 Å². The Labute approximate surface area is 118 Å². The van der Waals surface area contributed by atoms with Crippen molar-refractivity contribution in [2.75, 3.05) is 24.7 Å². The van der Waals surface area contributed by atoms with Crippen LogP contribution in [0, 0.1) is 0 Å². The van der Waals surface area contributed by atoms with E-state index in [2.05, 4.69) is 4.74 Å². The monoisotopic (exact) mass is 301 g/mol. The third-order valence-electron chi connectivity index (χ3n) is 2.40. The molecule has 1 rings (SSSR count). The summed E-state index contributed by atoms with van der Waals surface area (Å²) in [6, 6.07) is 4.79. The first-order valence-corrected chi connectivity index (χ1v) is 8.07. The highest BCUT2D eigenvalue weighted by molar-refractivity contribution is 7.91. The van der Waals surface area contributed by atoms with Gasteiger partial charge in [-0.25, -0.2) is 8.42 Å². The Balaban J connectivity index is 2.91. The lowest BCUT2D eigenvalue weighted by Gasteiger charge is -2.11. The lowest BCUT2D eigenvalue weighted by atomic mass is 10.2. The fourth-order valence-corrected chi connectivity index (χ4v) is 2.92. The van der Waals surface area contributed by atoms with Gasteiger partial charge in [-0.1, -0.05) is 0 Å². The Morgan fingerprint density at radius 1 is 1.25 bits per heavy atom. The molecule has 1 aromatic rings. The molecule has 0 aliphatic rings. The maximum absolute atomic E-state index is 12.0. The number of carbonyl (C=O) groups excluding carboxylic acids is 1. The van der Waals surface area contributed by atoms with Gasteiger partial charge in [0.05, 0.1) is 19.0 Å². The van der Waals surface area contributed by atoms with E-state index in [-0.39, 0.29) is 12.4 Å². The summed E-state index contributed by atoms with van der Waals surface area (Å²) in [6.07, 6.45) is 0. The quantitative estimate of drug-likeness (QED) is 0.599. The lowest BCUT2D eigenvalue weighted by Crippen LogP contribution is -2.20. The molecule has 1 aromatic carbocycles. The number of nitrogen functional groups attached to an aromatic ring is 1. The summed E-state index contributed by atoms with van der Waals surface area (Å²) >= 11 is 0. The largest absolute Gasteiger partial charge is 0.494 e. The number of hydrogen-bond acceptors (Lipinski definition) is 6. The first-order valence-electron chi connectivity index (χ1n) is 6.25. The Morgan fingerprint density at radius 2 is 1.95 bits per heavy atom. The molecule has 112 valence electrons. The highest BCUT2D eigenvalue weighted by atomic mass is 32.2. The molecule has 0 saturated heterocycles. The SMILES string of the molecule is CCOC(=O)CS(=O)(=O)Cc1cc(N)ccc1OCC. The molecule has 20 heavy (non-hydrogen) atoms. The number of anilines is 1. The topological polar surface area (TPSA) is 95.7 Å². The van der Waals surface area contributed by atoms with Gasteiger partial charge in [-0.05, 0) is 32.0 Å². The molecule has 7 heteroatoms. The molecule has 0 spiro atoms. The molecule has 6 nitrogen and oxygen atoms in total. The maximum atomic E-state index is 12.0. The molecule has 0 fully saturated rings. The fraction of sp³-hybridized carbons (Fsp3) is 0.462. The number of sulfone groups is 1. The second-order valence-corrected chi connectivity index (χ2v) is 6.20. The summed E-state index contributed by atoms with van der Waals surface area (Å²) in [5.41, 5.74) is 6.53. The highest BCUT2D eigenvalue weighted by Crippen LogP contribution is 2.24. The Morgan fingerprint density at radius 3 is 2.55 bits per heavy atom. The smallest absolute Gasteiger partial charge is 0.321 e. The van der Waals surface area contributed by atoms with Gasteiger partial charge in [-0.2, -0.15) is 0 Å². The average molecular weight is 301 g/mol. The minimum absolute atomic E-state index is 0.150. The van der Waals surface area contributed by atoms with Crippen LogP contribution in [0.15, 0.2) is 18.2 Å². The molecule has 0 unspecified atom stereocenters. The summed E-state index contributed by atoms with van der Waals surface area (Å²) in [5, 5.41) is 0. The Hall–Kier alpha value is -1.76. The van der Waals surface area contributed by atoms with Crippen molar-refractivity contribution < 1.29 is 22.7 Å². The molecular weight excluding hydrogens is 282 g/mol. The fourth-order valence-electron chi connectivity index (χ4n) is 1.68. The van der Waals surface area contributed by atoms with Crippen molar-refractivity contribution in [2.24, 2.45) is 0 Å². The van der Waals surface area contributed by atoms with Crippen molar-refractivity contribution in [1.82, 2.24) is 0 Å². The van der Waals surface area contributed by atoms with Gasteiger partial charge in [-0.3, -0.25) is 4.79 Å². The number of rotatable bonds is 7. The molecule has 0 radical (unpaired) electrons. The Kier molecular flexibility index (Phi) is 5.82. The van der Waals surface area contributed by atoms with E-state index in [4.69, 9.17) is 10.5 Å². The van der Waals surface area contributed by atoms with Crippen molar-refractivity contribution in [1.29, 1.82) is 0 Å². The van der Waals surface area contributed by atoms with E-state index < -0.39 is 21.6 Å². The predicted octanol–water partition coefficient (Wildman–Crippen LogP) is 1.15. The summed E-state index contributed by atoms with van der Waals surface area (Å²) in [6.45, 7) is 3.98. The minimum Gasteiger partial charge on any atom is -0.494 e. The molecular formula is C13H19NO5S. The van der Waals surface area contributed by atoms with E-state index in [0.717, 1.165) is 0 Å². The lowest BCUT2D eigenvalue weighted by molar-refractivity contribution is -0.139. The molecule has 0 aromatic heterocycles. The molecule has 0 aliphatic heterocycles. The number of benzene rings is 1. The molecule has 0 aliphatic carbocycles. The van der Waals surface area contributed by atoms with Crippen molar-refractivity contribution in [2.45, 2.75) is 19.6 Å². The normalized spacial score (nSPS) is 11.1. The van der Waals surface area contributed by atoms with Crippen LogP contribution in [0.25, 0.3) is 0 Å². The number of ether oxygens (including phenoxy) is 2. The van der Waals surface area contributed by atoms with Gasteiger partial charge in [0.2, 0.25) is 0 Å². The molecule has 0 saturated carbocycles. The van der Waals surface area contributed by atoms with Crippen LogP contribution >= 0.6 is 0 Å². The molecule has 0 heterocycles. The number of nitrogens with two attached hydrogens (primary N) is 1. The maximum Gasteiger partial charge on any atom is 0.321 e. The van der Waals surface area contributed by atoms with Crippen LogP contribution < -0.4 is 10.5 Å².